The normalized spacial score (nSPS) is 15.0. The minimum Gasteiger partial charge on any atom is -0.378 e. The van der Waals surface area contributed by atoms with Crippen LogP contribution < -0.4 is 10.2 Å². The summed E-state index contributed by atoms with van der Waals surface area (Å²) in [7, 11) is 0. The Labute approximate surface area is 146 Å². The van der Waals surface area contributed by atoms with E-state index in [4.69, 9.17) is 16.3 Å². The fraction of sp³-hybridized carbons (Fsp3) is 0.667. The number of amides is 1. The third-order valence-electron chi connectivity index (χ3n) is 3.37. The van der Waals surface area contributed by atoms with E-state index in [0.717, 1.165) is 25.3 Å². The van der Waals surface area contributed by atoms with E-state index in [1.54, 1.807) is 6.07 Å². The summed E-state index contributed by atoms with van der Waals surface area (Å²) < 4.78 is 5.34. The maximum absolute atomic E-state index is 11.8. The molecule has 0 unspecified atom stereocenters. The second-order valence-corrected chi connectivity index (χ2v) is 7.08. The van der Waals surface area contributed by atoms with Crippen molar-refractivity contribution in [3.8, 4) is 0 Å². The lowest BCUT2D eigenvalue weighted by atomic mass is 10.1. The number of aromatic nitrogens is 2. The molecule has 1 saturated heterocycles. The van der Waals surface area contributed by atoms with Gasteiger partial charge in [0.25, 0.3) is 0 Å². The fourth-order valence-electron chi connectivity index (χ4n) is 2.09. The number of nitrogens with zero attached hydrogens (tertiary/aromatic N) is 3. The molecular weight excluding hydrogens is 336 g/mol. The minimum atomic E-state index is -0.00727. The van der Waals surface area contributed by atoms with Crippen LogP contribution in [0.4, 0.5) is 5.82 Å². The number of halogens is 1. The van der Waals surface area contributed by atoms with Crippen LogP contribution in [0, 0.1) is 5.92 Å². The van der Waals surface area contributed by atoms with Crippen LogP contribution in [-0.4, -0.2) is 54.5 Å². The lowest BCUT2D eigenvalue weighted by Crippen LogP contribution is -2.36. The number of morpholine rings is 1. The van der Waals surface area contributed by atoms with Crippen LogP contribution in [0.3, 0.4) is 0 Å². The monoisotopic (exact) mass is 358 g/mol. The van der Waals surface area contributed by atoms with Crippen molar-refractivity contribution in [3.05, 3.63) is 11.2 Å². The molecule has 2 rings (SSSR count). The van der Waals surface area contributed by atoms with E-state index in [2.05, 4.69) is 34.0 Å². The molecule has 0 bridgehead atoms. The van der Waals surface area contributed by atoms with E-state index in [1.165, 1.54) is 11.8 Å². The highest BCUT2D eigenvalue weighted by molar-refractivity contribution is 7.99. The molecule has 1 N–H and O–H groups in total. The van der Waals surface area contributed by atoms with Crippen LogP contribution in [0.1, 0.15) is 20.3 Å². The SMILES string of the molecule is CC(C)CCNC(=O)CSc1nc(Cl)cc(N2CCOCC2)n1. The summed E-state index contributed by atoms with van der Waals surface area (Å²) in [5.41, 5.74) is 0. The zero-order chi connectivity index (χ0) is 16.7. The van der Waals surface area contributed by atoms with Gasteiger partial charge in [0.2, 0.25) is 5.91 Å². The maximum atomic E-state index is 11.8. The molecule has 23 heavy (non-hydrogen) atoms. The summed E-state index contributed by atoms with van der Waals surface area (Å²) in [5, 5.41) is 3.82. The van der Waals surface area contributed by atoms with E-state index in [-0.39, 0.29) is 5.91 Å². The van der Waals surface area contributed by atoms with Crippen molar-refractivity contribution >= 4 is 35.1 Å². The summed E-state index contributed by atoms with van der Waals surface area (Å²) in [6.45, 7) is 7.90. The highest BCUT2D eigenvalue weighted by Crippen LogP contribution is 2.22. The quantitative estimate of drug-likeness (QED) is 0.458. The van der Waals surface area contributed by atoms with Gasteiger partial charge in [-0.15, -0.1) is 0 Å². The van der Waals surface area contributed by atoms with Crippen LogP contribution in [-0.2, 0) is 9.53 Å². The minimum absolute atomic E-state index is 0.00727. The topological polar surface area (TPSA) is 67.4 Å². The summed E-state index contributed by atoms with van der Waals surface area (Å²) >= 11 is 7.38. The van der Waals surface area contributed by atoms with Gasteiger partial charge >= 0.3 is 0 Å². The highest BCUT2D eigenvalue weighted by Gasteiger charge is 2.15. The van der Waals surface area contributed by atoms with E-state index >= 15 is 0 Å². The Morgan fingerprint density at radius 1 is 1.43 bits per heavy atom. The molecule has 2 heterocycles. The summed E-state index contributed by atoms with van der Waals surface area (Å²) in [6.07, 6.45) is 0.977. The smallest absolute Gasteiger partial charge is 0.230 e. The van der Waals surface area contributed by atoms with Gasteiger partial charge in [0.1, 0.15) is 11.0 Å². The molecule has 6 nitrogen and oxygen atoms in total. The number of hydrogen-bond acceptors (Lipinski definition) is 6. The molecule has 8 heteroatoms. The van der Waals surface area contributed by atoms with Gasteiger partial charge in [-0.1, -0.05) is 37.2 Å². The van der Waals surface area contributed by atoms with Crippen LogP contribution in [0.25, 0.3) is 0 Å². The number of carbonyl (C=O) groups is 1. The number of nitrogens with one attached hydrogen (secondary N) is 1. The molecule has 1 aromatic rings. The van der Waals surface area contributed by atoms with Crippen LogP contribution in [0.15, 0.2) is 11.2 Å². The highest BCUT2D eigenvalue weighted by atomic mass is 35.5. The number of rotatable bonds is 7. The lowest BCUT2D eigenvalue weighted by Gasteiger charge is -2.27. The fourth-order valence-corrected chi connectivity index (χ4v) is 3.00. The lowest BCUT2D eigenvalue weighted by molar-refractivity contribution is -0.118. The average Bonchev–Trinajstić information content (AvgIpc) is 2.53. The average molecular weight is 359 g/mol. The Morgan fingerprint density at radius 2 is 2.17 bits per heavy atom. The zero-order valence-corrected chi connectivity index (χ0v) is 15.1. The van der Waals surface area contributed by atoms with E-state index in [9.17, 15) is 4.79 Å². The van der Waals surface area contributed by atoms with E-state index in [1.807, 2.05) is 0 Å². The third kappa shape index (κ3) is 6.53. The number of thioether (sulfide) groups is 1. The molecule has 0 spiro atoms. The van der Waals surface area contributed by atoms with Gasteiger partial charge in [-0.05, 0) is 12.3 Å². The van der Waals surface area contributed by atoms with Crippen molar-refractivity contribution in [1.29, 1.82) is 0 Å². The standard InChI is InChI=1S/C15H23ClN4O2S/c1-11(2)3-4-17-14(21)10-23-15-18-12(16)9-13(19-15)20-5-7-22-8-6-20/h9,11H,3-8,10H2,1-2H3,(H,17,21). The largest absolute Gasteiger partial charge is 0.378 e. The van der Waals surface area contributed by atoms with Crippen molar-refractivity contribution in [2.24, 2.45) is 5.92 Å². The molecule has 128 valence electrons. The van der Waals surface area contributed by atoms with Crippen molar-refractivity contribution in [2.75, 3.05) is 43.5 Å². The van der Waals surface area contributed by atoms with E-state index < -0.39 is 0 Å². The molecule has 1 amide bonds. The molecule has 1 aromatic heterocycles. The van der Waals surface area contributed by atoms with Gasteiger partial charge in [0, 0.05) is 25.7 Å². The van der Waals surface area contributed by atoms with E-state index in [0.29, 0.717) is 41.7 Å². The van der Waals surface area contributed by atoms with Gasteiger partial charge in [0.05, 0.1) is 19.0 Å². The second kappa shape index (κ2) is 9.30. The Morgan fingerprint density at radius 3 is 2.87 bits per heavy atom. The second-order valence-electron chi connectivity index (χ2n) is 5.75. The molecule has 1 fully saturated rings. The molecule has 0 saturated carbocycles. The van der Waals surface area contributed by atoms with Crippen molar-refractivity contribution < 1.29 is 9.53 Å². The molecule has 0 atom stereocenters. The van der Waals surface area contributed by atoms with Crippen LogP contribution in [0.5, 0.6) is 0 Å². The Bertz CT molecular complexity index is 524. The maximum Gasteiger partial charge on any atom is 0.230 e. The summed E-state index contributed by atoms with van der Waals surface area (Å²) in [5.74, 6) is 1.65. The Hall–Kier alpha value is -1.05. The molecular formula is C15H23ClN4O2S. The van der Waals surface area contributed by atoms with Gasteiger partial charge in [-0.3, -0.25) is 4.79 Å². The third-order valence-corrected chi connectivity index (χ3v) is 4.41. The number of carbonyl (C=O) groups excluding carboxylic acids is 1. The first kappa shape index (κ1) is 18.3. The van der Waals surface area contributed by atoms with Crippen LogP contribution in [0.2, 0.25) is 5.15 Å². The van der Waals surface area contributed by atoms with Gasteiger partial charge in [0.15, 0.2) is 5.16 Å². The molecule has 1 aliphatic heterocycles. The van der Waals surface area contributed by atoms with Crippen molar-refractivity contribution in [2.45, 2.75) is 25.4 Å². The van der Waals surface area contributed by atoms with Gasteiger partial charge < -0.3 is 15.0 Å². The predicted molar refractivity (Wildman–Crippen MR) is 93.3 cm³/mol. The first-order valence-corrected chi connectivity index (χ1v) is 9.17. The Balaban J connectivity index is 1.87. The summed E-state index contributed by atoms with van der Waals surface area (Å²) in [4.78, 5) is 22.6. The van der Waals surface area contributed by atoms with Gasteiger partial charge in [-0.2, -0.15) is 0 Å². The predicted octanol–water partition coefficient (Wildman–Crippen LogP) is 2.22. The number of anilines is 1. The molecule has 0 aliphatic carbocycles. The molecule has 1 aliphatic rings. The van der Waals surface area contributed by atoms with Crippen molar-refractivity contribution in [3.63, 3.8) is 0 Å². The molecule has 0 radical (unpaired) electrons. The first-order chi connectivity index (χ1) is 11.0. The van der Waals surface area contributed by atoms with Gasteiger partial charge in [-0.25, -0.2) is 9.97 Å². The zero-order valence-electron chi connectivity index (χ0n) is 13.5. The Kier molecular flexibility index (Phi) is 7.39. The number of ether oxygens (including phenoxy) is 1. The first-order valence-electron chi connectivity index (χ1n) is 7.81. The van der Waals surface area contributed by atoms with Crippen molar-refractivity contribution in [1.82, 2.24) is 15.3 Å². The molecule has 0 aromatic carbocycles. The number of hydrogen-bond donors (Lipinski definition) is 1. The summed E-state index contributed by atoms with van der Waals surface area (Å²) in [6, 6.07) is 1.75. The van der Waals surface area contributed by atoms with Crippen LogP contribution >= 0.6 is 23.4 Å².